The number of hydrogen-bond donors (Lipinski definition) is 2. The van der Waals surface area contributed by atoms with Crippen LogP contribution in [0, 0.1) is 12.7 Å². The first-order valence-electron chi connectivity index (χ1n) is 5.87. The maximum atomic E-state index is 13.7. The molecule has 0 unspecified atom stereocenters. The summed E-state index contributed by atoms with van der Waals surface area (Å²) >= 11 is 6.04. The lowest BCUT2D eigenvalue weighted by Gasteiger charge is -2.21. The fourth-order valence-electron chi connectivity index (χ4n) is 1.77. The van der Waals surface area contributed by atoms with Crippen molar-refractivity contribution in [1.82, 2.24) is 0 Å². The van der Waals surface area contributed by atoms with Crippen LogP contribution in [-0.4, -0.2) is 11.2 Å². The van der Waals surface area contributed by atoms with Crippen LogP contribution in [-0.2, 0) is 0 Å². The molecular weight excluding hydrogens is 241 g/mol. The largest absolute Gasteiger partial charge is 0.391 e. The van der Waals surface area contributed by atoms with Crippen molar-refractivity contribution in [3.05, 3.63) is 34.1 Å². The zero-order chi connectivity index (χ0) is 13.0. The summed E-state index contributed by atoms with van der Waals surface area (Å²) in [6.45, 7) is 3.81. The normalized spacial score (nSPS) is 14.7. The third-order valence-electron chi connectivity index (χ3n) is 2.92. The van der Waals surface area contributed by atoms with Crippen molar-refractivity contribution in [1.29, 1.82) is 0 Å². The van der Waals surface area contributed by atoms with Crippen LogP contribution in [0.25, 0.3) is 0 Å². The molecule has 4 heteroatoms. The summed E-state index contributed by atoms with van der Waals surface area (Å²) in [6.07, 6.45) is 1.62. The zero-order valence-corrected chi connectivity index (χ0v) is 11.0. The number of hydrogen-bond acceptors (Lipinski definition) is 2. The minimum absolute atomic E-state index is 0.218. The average molecular weight is 260 g/mol. The Morgan fingerprint density at radius 3 is 2.71 bits per heavy atom. The Morgan fingerprint density at radius 2 is 2.12 bits per heavy atom. The van der Waals surface area contributed by atoms with E-state index in [0.29, 0.717) is 11.4 Å². The molecule has 0 aliphatic heterocycles. The van der Waals surface area contributed by atoms with Gasteiger partial charge in [0.2, 0.25) is 0 Å². The van der Waals surface area contributed by atoms with Crippen LogP contribution in [0.15, 0.2) is 12.1 Å². The molecule has 0 radical (unpaired) electrons. The predicted octanol–water partition coefficient (Wildman–Crippen LogP) is 3.34. The number of benzene rings is 1. The standard InChI is InChI=1S/C13H19ClFNO/c1-3-4-5-10(17)13(16)11-9(15)7-6-8(2)12(11)14/h6-7,10,13,17H,3-5,16H2,1-2H3/t10-,13-/m0/s1. The van der Waals surface area contributed by atoms with Crippen molar-refractivity contribution in [2.24, 2.45) is 5.73 Å². The average Bonchev–Trinajstić information content (AvgIpc) is 2.31. The van der Waals surface area contributed by atoms with Crippen LogP contribution in [0.3, 0.4) is 0 Å². The van der Waals surface area contributed by atoms with Crippen molar-refractivity contribution in [2.75, 3.05) is 0 Å². The molecule has 0 aliphatic carbocycles. The van der Waals surface area contributed by atoms with Gasteiger partial charge in [0.1, 0.15) is 5.82 Å². The molecule has 2 atom stereocenters. The predicted molar refractivity (Wildman–Crippen MR) is 68.6 cm³/mol. The van der Waals surface area contributed by atoms with Crippen LogP contribution in [0.2, 0.25) is 5.02 Å². The van der Waals surface area contributed by atoms with Gasteiger partial charge in [-0.25, -0.2) is 4.39 Å². The number of aliphatic hydroxyl groups excluding tert-OH is 1. The molecule has 0 bridgehead atoms. The second-order valence-electron chi connectivity index (χ2n) is 4.33. The summed E-state index contributed by atoms with van der Waals surface area (Å²) in [4.78, 5) is 0. The van der Waals surface area contributed by atoms with Gasteiger partial charge in [-0.2, -0.15) is 0 Å². The highest BCUT2D eigenvalue weighted by molar-refractivity contribution is 6.32. The van der Waals surface area contributed by atoms with E-state index in [0.717, 1.165) is 18.4 Å². The van der Waals surface area contributed by atoms with E-state index in [9.17, 15) is 9.50 Å². The van der Waals surface area contributed by atoms with Crippen LogP contribution in [0.4, 0.5) is 4.39 Å². The van der Waals surface area contributed by atoms with Crippen molar-refractivity contribution < 1.29 is 9.50 Å². The summed E-state index contributed by atoms with van der Waals surface area (Å²) in [7, 11) is 0. The third kappa shape index (κ3) is 3.41. The number of aryl methyl sites for hydroxylation is 1. The SMILES string of the molecule is CCCC[C@H](O)[C@H](N)c1c(F)ccc(C)c1Cl. The minimum Gasteiger partial charge on any atom is -0.391 e. The van der Waals surface area contributed by atoms with Crippen LogP contribution in [0.1, 0.15) is 43.4 Å². The Labute approximate surface area is 107 Å². The molecule has 0 spiro atoms. The summed E-state index contributed by atoms with van der Waals surface area (Å²) in [5.41, 5.74) is 6.86. The number of aliphatic hydroxyl groups is 1. The highest BCUT2D eigenvalue weighted by atomic mass is 35.5. The minimum atomic E-state index is -0.769. The number of unbranched alkanes of at least 4 members (excludes halogenated alkanes) is 1. The molecule has 0 saturated heterocycles. The fraction of sp³-hybridized carbons (Fsp3) is 0.538. The maximum Gasteiger partial charge on any atom is 0.129 e. The van der Waals surface area contributed by atoms with Gasteiger partial charge in [0.05, 0.1) is 17.2 Å². The molecule has 0 saturated carbocycles. The van der Waals surface area contributed by atoms with Crippen LogP contribution < -0.4 is 5.73 Å². The fourth-order valence-corrected chi connectivity index (χ4v) is 2.05. The van der Waals surface area contributed by atoms with Gasteiger partial charge in [0.25, 0.3) is 0 Å². The second kappa shape index (κ2) is 6.34. The first-order chi connectivity index (χ1) is 7.99. The van der Waals surface area contributed by atoms with Crippen molar-refractivity contribution in [3.63, 3.8) is 0 Å². The molecule has 0 fully saturated rings. The van der Waals surface area contributed by atoms with Gasteiger partial charge in [-0.05, 0) is 25.0 Å². The first kappa shape index (κ1) is 14.4. The third-order valence-corrected chi connectivity index (χ3v) is 3.42. The molecule has 0 heterocycles. The smallest absolute Gasteiger partial charge is 0.129 e. The van der Waals surface area contributed by atoms with E-state index in [1.165, 1.54) is 6.07 Å². The Kier molecular flexibility index (Phi) is 5.37. The molecular formula is C13H19ClFNO. The number of halogens is 2. The molecule has 0 aliphatic rings. The van der Waals surface area contributed by atoms with E-state index in [-0.39, 0.29) is 5.56 Å². The maximum absolute atomic E-state index is 13.7. The quantitative estimate of drug-likeness (QED) is 0.852. The summed E-state index contributed by atoms with van der Waals surface area (Å²) in [5.74, 6) is -0.455. The molecule has 96 valence electrons. The summed E-state index contributed by atoms with van der Waals surface area (Å²) in [6, 6.07) is 2.17. The lowest BCUT2D eigenvalue weighted by Crippen LogP contribution is -2.27. The van der Waals surface area contributed by atoms with Crippen LogP contribution >= 0.6 is 11.6 Å². The molecule has 1 aromatic rings. The van der Waals surface area contributed by atoms with Crippen LogP contribution in [0.5, 0.6) is 0 Å². The van der Waals surface area contributed by atoms with Gasteiger partial charge in [0, 0.05) is 5.56 Å². The van der Waals surface area contributed by atoms with E-state index in [2.05, 4.69) is 0 Å². The molecule has 2 nitrogen and oxygen atoms in total. The van der Waals surface area contributed by atoms with Gasteiger partial charge in [0.15, 0.2) is 0 Å². The van der Waals surface area contributed by atoms with Crippen molar-refractivity contribution in [2.45, 2.75) is 45.3 Å². The summed E-state index contributed by atoms with van der Waals surface area (Å²) < 4.78 is 13.7. The Morgan fingerprint density at radius 1 is 1.47 bits per heavy atom. The van der Waals surface area contributed by atoms with E-state index < -0.39 is 18.0 Å². The van der Waals surface area contributed by atoms with E-state index in [1.54, 1.807) is 13.0 Å². The van der Waals surface area contributed by atoms with Gasteiger partial charge >= 0.3 is 0 Å². The Hall–Kier alpha value is -0.640. The van der Waals surface area contributed by atoms with Crippen molar-refractivity contribution >= 4 is 11.6 Å². The molecule has 3 N–H and O–H groups in total. The number of rotatable bonds is 5. The van der Waals surface area contributed by atoms with E-state index in [4.69, 9.17) is 17.3 Å². The Bertz CT molecular complexity index is 384. The zero-order valence-electron chi connectivity index (χ0n) is 10.2. The molecule has 0 amide bonds. The lowest BCUT2D eigenvalue weighted by molar-refractivity contribution is 0.131. The van der Waals surface area contributed by atoms with Gasteiger partial charge < -0.3 is 10.8 Å². The number of nitrogens with two attached hydrogens (primary N) is 1. The first-order valence-corrected chi connectivity index (χ1v) is 6.25. The van der Waals surface area contributed by atoms with E-state index in [1.807, 2.05) is 6.92 Å². The summed E-state index contributed by atoms with van der Waals surface area (Å²) in [5, 5.41) is 10.2. The second-order valence-corrected chi connectivity index (χ2v) is 4.71. The highest BCUT2D eigenvalue weighted by Gasteiger charge is 2.23. The molecule has 17 heavy (non-hydrogen) atoms. The van der Waals surface area contributed by atoms with E-state index >= 15 is 0 Å². The topological polar surface area (TPSA) is 46.2 Å². The Balaban J connectivity index is 2.95. The van der Waals surface area contributed by atoms with Gasteiger partial charge in [-0.3, -0.25) is 0 Å². The lowest BCUT2D eigenvalue weighted by atomic mass is 9.96. The van der Waals surface area contributed by atoms with Crippen molar-refractivity contribution in [3.8, 4) is 0 Å². The molecule has 0 aromatic heterocycles. The monoisotopic (exact) mass is 259 g/mol. The molecule has 1 aromatic carbocycles. The van der Waals surface area contributed by atoms with Gasteiger partial charge in [-0.15, -0.1) is 0 Å². The van der Waals surface area contributed by atoms with Gasteiger partial charge in [-0.1, -0.05) is 37.4 Å². The molecule has 1 rings (SSSR count). The highest BCUT2D eigenvalue weighted by Crippen LogP contribution is 2.30.